The van der Waals surface area contributed by atoms with Crippen molar-refractivity contribution in [2.24, 2.45) is 0 Å². The van der Waals surface area contributed by atoms with E-state index >= 15 is 0 Å². The molecule has 0 radical (unpaired) electrons. The Labute approximate surface area is 129 Å². The van der Waals surface area contributed by atoms with E-state index < -0.39 is 6.04 Å². The largest absolute Gasteiger partial charge is 0.482 e. The van der Waals surface area contributed by atoms with Gasteiger partial charge in [-0.05, 0) is 31.0 Å². The number of carbonyl (C=O) groups is 2. The number of halogens is 1. The average molecular weight is 311 g/mol. The summed E-state index contributed by atoms with van der Waals surface area (Å²) in [6.07, 6.45) is 0.586. The summed E-state index contributed by atoms with van der Waals surface area (Å²) in [5.41, 5.74) is 1.01. The van der Waals surface area contributed by atoms with Crippen LogP contribution in [0.5, 0.6) is 5.75 Å². The number of piperazine rings is 1. The first-order valence-electron chi connectivity index (χ1n) is 6.99. The third-order valence-corrected chi connectivity index (χ3v) is 3.79. The van der Waals surface area contributed by atoms with Gasteiger partial charge in [0.1, 0.15) is 11.8 Å². The van der Waals surface area contributed by atoms with E-state index in [9.17, 15) is 9.59 Å². The maximum Gasteiger partial charge on any atom is 0.261 e. The smallest absolute Gasteiger partial charge is 0.261 e. The number of hydrogen-bond acceptors (Lipinski definition) is 3. The minimum atomic E-state index is -0.414. The molecule has 0 saturated carbocycles. The van der Waals surface area contributed by atoms with E-state index in [-0.39, 0.29) is 18.4 Å². The van der Waals surface area contributed by atoms with Crippen LogP contribution in [0, 0.1) is 6.92 Å². The molecule has 6 heteroatoms. The molecule has 2 rings (SSSR count). The van der Waals surface area contributed by atoms with Crippen molar-refractivity contribution in [1.82, 2.24) is 10.2 Å². The molecule has 1 aromatic rings. The zero-order chi connectivity index (χ0) is 15.4. The predicted octanol–water partition coefficient (Wildman–Crippen LogP) is 1.76. The third-order valence-electron chi connectivity index (χ3n) is 3.48. The van der Waals surface area contributed by atoms with Crippen LogP contribution in [-0.2, 0) is 9.59 Å². The molecule has 1 fully saturated rings. The van der Waals surface area contributed by atoms with Crippen LogP contribution < -0.4 is 10.1 Å². The van der Waals surface area contributed by atoms with Crippen molar-refractivity contribution in [2.75, 3.05) is 19.7 Å². The molecule has 1 aliphatic rings. The summed E-state index contributed by atoms with van der Waals surface area (Å²) < 4.78 is 5.51. The molecule has 2 amide bonds. The lowest BCUT2D eigenvalue weighted by Gasteiger charge is -2.34. The molecule has 1 aromatic carbocycles. The second-order valence-electron chi connectivity index (χ2n) is 5.02. The fraction of sp³-hybridized carbons (Fsp3) is 0.467. The fourth-order valence-electron chi connectivity index (χ4n) is 2.36. The zero-order valence-electron chi connectivity index (χ0n) is 12.2. The quantitative estimate of drug-likeness (QED) is 0.922. The summed E-state index contributed by atoms with van der Waals surface area (Å²) in [6.45, 7) is 4.68. The maximum absolute atomic E-state index is 12.3. The molecule has 1 atom stereocenters. The van der Waals surface area contributed by atoms with Crippen molar-refractivity contribution < 1.29 is 14.3 Å². The van der Waals surface area contributed by atoms with Crippen LogP contribution in [0.2, 0.25) is 5.02 Å². The van der Waals surface area contributed by atoms with Gasteiger partial charge in [-0.15, -0.1) is 0 Å². The lowest BCUT2D eigenvalue weighted by atomic mass is 10.1. The van der Waals surface area contributed by atoms with E-state index in [2.05, 4.69) is 5.32 Å². The molecule has 0 aromatic heterocycles. The van der Waals surface area contributed by atoms with Crippen LogP contribution in [0.15, 0.2) is 18.2 Å². The highest BCUT2D eigenvalue weighted by atomic mass is 35.5. The van der Waals surface area contributed by atoms with E-state index in [0.717, 1.165) is 5.56 Å². The summed E-state index contributed by atoms with van der Waals surface area (Å²) in [6, 6.07) is 4.98. The molecule has 0 bridgehead atoms. The predicted molar refractivity (Wildman–Crippen MR) is 80.5 cm³/mol. The lowest BCUT2D eigenvalue weighted by molar-refractivity contribution is -0.144. The number of carbonyl (C=O) groups excluding carboxylic acids is 2. The van der Waals surface area contributed by atoms with Crippen molar-refractivity contribution >= 4 is 23.4 Å². The topological polar surface area (TPSA) is 58.6 Å². The van der Waals surface area contributed by atoms with Gasteiger partial charge in [0, 0.05) is 13.1 Å². The Morgan fingerprint density at radius 2 is 2.29 bits per heavy atom. The van der Waals surface area contributed by atoms with E-state index in [1.807, 2.05) is 19.9 Å². The van der Waals surface area contributed by atoms with Crippen LogP contribution in [0.3, 0.4) is 0 Å². The number of ether oxygens (including phenoxy) is 1. The second kappa shape index (κ2) is 6.80. The average Bonchev–Trinajstić information content (AvgIpc) is 2.47. The van der Waals surface area contributed by atoms with Gasteiger partial charge in [0.05, 0.1) is 5.02 Å². The monoisotopic (exact) mass is 310 g/mol. The second-order valence-corrected chi connectivity index (χ2v) is 5.43. The molecule has 0 aliphatic carbocycles. The molecule has 1 heterocycles. The Hall–Kier alpha value is -1.75. The molecule has 0 spiro atoms. The number of rotatable bonds is 4. The number of aryl methyl sites for hydroxylation is 1. The summed E-state index contributed by atoms with van der Waals surface area (Å²) in [5.74, 6) is 0.180. The minimum Gasteiger partial charge on any atom is -0.482 e. The third kappa shape index (κ3) is 3.67. The van der Waals surface area contributed by atoms with Gasteiger partial charge < -0.3 is 15.0 Å². The maximum atomic E-state index is 12.3. The summed E-state index contributed by atoms with van der Waals surface area (Å²) in [4.78, 5) is 25.6. The first-order chi connectivity index (χ1) is 10.0. The highest BCUT2D eigenvalue weighted by molar-refractivity contribution is 6.32. The van der Waals surface area contributed by atoms with Crippen molar-refractivity contribution in [3.8, 4) is 5.75 Å². The standard InChI is InChI=1S/C15H19ClN2O3/c1-3-12-15(20)17-6-7-18(12)14(19)9-21-13-8-10(2)4-5-11(13)16/h4-5,8,12H,3,6-7,9H2,1-2H3,(H,17,20). The van der Waals surface area contributed by atoms with Gasteiger partial charge in [-0.2, -0.15) is 0 Å². The van der Waals surface area contributed by atoms with Gasteiger partial charge >= 0.3 is 0 Å². The Kier molecular flexibility index (Phi) is 5.07. The molecule has 1 N–H and O–H groups in total. The molecule has 114 valence electrons. The van der Waals surface area contributed by atoms with Crippen molar-refractivity contribution in [3.05, 3.63) is 28.8 Å². The Morgan fingerprint density at radius 3 is 3.00 bits per heavy atom. The normalized spacial score (nSPS) is 18.3. The number of hydrogen-bond donors (Lipinski definition) is 1. The first kappa shape index (κ1) is 15.6. The lowest BCUT2D eigenvalue weighted by Crippen LogP contribution is -2.57. The molecule has 21 heavy (non-hydrogen) atoms. The number of nitrogens with one attached hydrogen (secondary N) is 1. The van der Waals surface area contributed by atoms with Crippen LogP contribution in [-0.4, -0.2) is 42.5 Å². The van der Waals surface area contributed by atoms with E-state index in [1.165, 1.54) is 0 Å². The van der Waals surface area contributed by atoms with E-state index in [4.69, 9.17) is 16.3 Å². The van der Waals surface area contributed by atoms with E-state index in [0.29, 0.717) is 30.3 Å². The summed E-state index contributed by atoms with van der Waals surface area (Å²) in [5, 5.41) is 3.23. The van der Waals surface area contributed by atoms with Crippen molar-refractivity contribution in [2.45, 2.75) is 26.3 Å². The highest BCUT2D eigenvalue weighted by Crippen LogP contribution is 2.25. The highest BCUT2D eigenvalue weighted by Gasteiger charge is 2.31. The Balaban J connectivity index is 2.00. The van der Waals surface area contributed by atoms with Gasteiger partial charge in [0.15, 0.2) is 6.61 Å². The van der Waals surface area contributed by atoms with Crippen LogP contribution in [0.25, 0.3) is 0 Å². The fourth-order valence-corrected chi connectivity index (χ4v) is 2.53. The summed E-state index contributed by atoms with van der Waals surface area (Å²) in [7, 11) is 0. The molecule has 1 unspecified atom stereocenters. The van der Waals surface area contributed by atoms with Gasteiger partial charge in [-0.1, -0.05) is 24.6 Å². The first-order valence-corrected chi connectivity index (χ1v) is 7.37. The van der Waals surface area contributed by atoms with Crippen molar-refractivity contribution in [3.63, 3.8) is 0 Å². The number of amides is 2. The van der Waals surface area contributed by atoms with Gasteiger partial charge in [-0.25, -0.2) is 0 Å². The molecular formula is C15H19ClN2O3. The van der Waals surface area contributed by atoms with Gasteiger partial charge in [-0.3, -0.25) is 9.59 Å². The Bertz CT molecular complexity index is 548. The minimum absolute atomic E-state index is 0.106. The van der Waals surface area contributed by atoms with Crippen molar-refractivity contribution in [1.29, 1.82) is 0 Å². The zero-order valence-corrected chi connectivity index (χ0v) is 12.9. The Morgan fingerprint density at radius 1 is 1.52 bits per heavy atom. The SMILES string of the molecule is CCC1C(=O)NCCN1C(=O)COc1cc(C)ccc1Cl. The van der Waals surface area contributed by atoms with Crippen LogP contribution in [0.4, 0.5) is 0 Å². The van der Waals surface area contributed by atoms with Crippen LogP contribution >= 0.6 is 11.6 Å². The molecule has 1 saturated heterocycles. The molecule has 5 nitrogen and oxygen atoms in total. The number of benzene rings is 1. The van der Waals surface area contributed by atoms with Gasteiger partial charge in [0.25, 0.3) is 5.91 Å². The van der Waals surface area contributed by atoms with E-state index in [1.54, 1.807) is 17.0 Å². The molecule has 1 aliphatic heterocycles. The molecular weight excluding hydrogens is 292 g/mol. The summed E-state index contributed by atoms with van der Waals surface area (Å²) >= 11 is 6.03. The van der Waals surface area contributed by atoms with Gasteiger partial charge in [0.2, 0.25) is 5.91 Å². The van der Waals surface area contributed by atoms with Crippen LogP contribution in [0.1, 0.15) is 18.9 Å². The number of nitrogens with zero attached hydrogens (tertiary/aromatic N) is 1.